The summed E-state index contributed by atoms with van der Waals surface area (Å²) in [4.78, 5) is 11.5. The first-order chi connectivity index (χ1) is 5.79. The predicted molar refractivity (Wildman–Crippen MR) is 44.9 cm³/mol. The van der Waals surface area contributed by atoms with Crippen LogP contribution in [0, 0.1) is 0 Å². The molecule has 0 saturated heterocycles. The number of hydrogen-bond donors (Lipinski definition) is 0. The van der Waals surface area contributed by atoms with Crippen LogP contribution in [0.3, 0.4) is 0 Å². The average Bonchev–Trinajstić information content (AvgIpc) is 2.04. The van der Waals surface area contributed by atoms with Crippen molar-refractivity contribution in [3.63, 3.8) is 0 Å². The number of hydrogen-bond acceptors (Lipinski definition) is 1. The van der Waals surface area contributed by atoms with Crippen LogP contribution in [0.25, 0.3) is 0 Å². The van der Waals surface area contributed by atoms with Crippen molar-refractivity contribution in [1.29, 1.82) is 0 Å². The molecule has 1 aliphatic carbocycles. The molecule has 1 aliphatic rings. The molecule has 0 atom stereocenters. The van der Waals surface area contributed by atoms with Gasteiger partial charge in [0.05, 0.1) is 0 Å². The van der Waals surface area contributed by atoms with Gasteiger partial charge < -0.3 is 0 Å². The summed E-state index contributed by atoms with van der Waals surface area (Å²) in [5, 5.41) is 0. The minimum absolute atomic E-state index is 0.291. The van der Waals surface area contributed by atoms with Crippen LogP contribution in [-0.4, -0.2) is 5.78 Å². The molecule has 2 rings (SSSR count). The Bertz CT molecular complexity index is 331. The lowest BCUT2D eigenvalue weighted by molar-refractivity contribution is -0.674. The second-order valence-corrected chi connectivity index (χ2v) is 3.27. The van der Waals surface area contributed by atoms with Crippen molar-refractivity contribution < 1.29 is 9.36 Å². The molecular formula is C10H12NO+. The molecule has 1 aromatic heterocycles. The Morgan fingerprint density at radius 1 is 1.42 bits per heavy atom. The Hall–Kier alpha value is -1.18. The van der Waals surface area contributed by atoms with Gasteiger partial charge in [0.25, 0.3) is 5.69 Å². The monoisotopic (exact) mass is 162 g/mol. The molecule has 0 unspecified atom stereocenters. The highest BCUT2D eigenvalue weighted by Crippen LogP contribution is 2.16. The van der Waals surface area contributed by atoms with E-state index in [1.165, 1.54) is 5.56 Å². The van der Waals surface area contributed by atoms with Crippen LogP contribution >= 0.6 is 0 Å². The highest BCUT2D eigenvalue weighted by Gasteiger charge is 2.24. The van der Waals surface area contributed by atoms with Gasteiger partial charge in [0.1, 0.15) is 7.05 Å². The molecule has 0 saturated carbocycles. The first kappa shape index (κ1) is 7.47. The van der Waals surface area contributed by atoms with Crippen molar-refractivity contribution in [1.82, 2.24) is 0 Å². The highest BCUT2D eigenvalue weighted by atomic mass is 16.1. The fourth-order valence-electron chi connectivity index (χ4n) is 1.80. The van der Waals surface area contributed by atoms with Crippen LogP contribution < -0.4 is 4.57 Å². The number of Topliss-reactive ketones (excluding diaryl/α,β-unsaturated/α-hetero) is 1. The zero-order valence-electron chi connectivity index (χ0n) is 7.21. The van der Waals surface area contributed by atoms with Crippen molar-refractivity contribution in [2.75, 3.05) is 0 Å². The number of fused-ring (bicyclic) bond motifs is 1. The number of ketones is 1. The standard InChI is InChI=1S/C10H12NO/c1-11-7-3-5-8-4-2-6-9(12)10(8)11/h3,5,7H,2,4,6H2,1H3/q+1. The summed E-state index contributed by atoms with van der Waals surface area (Å²) in [6, 6.07) is 4.05. The molecular weight excluding hydrogens is 150 g/mol. The van der Waals surface area contributed by atoms with Crippen LogP contribution in [0.15, 0.2) is 18.3 Å². The first-order valence-corrected chi connectivity index (χ1v) is 4.30. The van der Waals surface area contributed by atoms with E-state index in [9.17, 15) is 4.79 Å². The van der Waals surface area contributed by atoms with Gasteiger partial charge in [-0.3, -0.25) is 4.79 Å². The SMILES string of the molecule is C[n+]1cccc2c1C(=O)CCC2. The average molecular weight is 162 g/mol. The van der Waals surface area contributed by atoms with Gasteiger partial charge in [-0.2, -0.15) is 4.57 Å². The molecule has 0 bridgehead atoms. The molecule has 0 N–H and O–H groups in total. The third kappa shape index (κ3) is 1.04. The number of rotatable bonds is 0. The molecule has 0 fully saturated rings. The van der Waals surface area contributed by atoms with Gasteiger partial charge in [-0.1, -0.05) is 0 Å². The lowest BCUT2D eigenvalue weighted by Crippen LogP contribution is -2.38. The van der Waals surface area contributed by atoms with Crippen LogP contribution in [0.4, 0.5) is 0 Å². The summed E-state index contributed by atoms with van der Waals surface area (Å²) >= 11 is 0. The minimum Gasteiger partial charge on any atom is -0.287 e. The summed E-state index contributed by atoms with van der Waals surface area (Å²) in [5.74, 6) is 0.291. The zero-order chi connectivity index (χ0) is 8.55. The fourth-order valence-corrected chi connectivity index (χ4v) is 1.80. The Morgan fingerprint density at radius 3 is 3.00 bits per heavy atom. The molecule has 2 heteroatoms. The van der Waals surface area contributed by atoms with E-state index in [1.807, 2.05) is 29.9 Å². The van der Waals surface area contributed by atoms with E-state index in [1.54, 1.807) is 0 Å². The lowest BCUT2D eigenvalue weighted by Gasteiger charge is -2.10. The maximum Gasteiger partial charge on any atom is 0.251 e. The Balaban J connectivity index is 2.60. The number of carbonyl (C=O) groups excluding carboxylic acids is 1. The van der Waals surface area contributed by atoms with Gasteiger partial charge in [0.2, 0.25) is 5.78 Å². The molecule has 62 valence electrons. The number of carbonyl (C=O) groups is 1. The molecule has 12 heavy (non-hydrogen) atoms. The van der Waals surface area contributed by atoms with Crippen LogP contribution in [0.1, 0.15) is 28.9 Å². The maximum absolute atomic E-state index is 11.5. The van der Waals surface area contributed by atoms with Gasteiger partial charge in [-0.05, 0) is 18.9 Å². The van der Waals surface area contributed by atoms with Gasteiger partial charge in [-0.25, -0.2) is 0 Å². The highest BCUT2D eigenvalue weighted by molar-refractivity contribution is 5.95. The molecule has 0 radical (unpaired) electrons. The topological polar surface area (TPSA) is 20.9 Å². The lowest BCUT2D eigenvalue weighted by atomic mass is 9.95. The molecule has 0 amide bonds. The van der Waals surface area contributed by atoms with Crippen LogP contribution in [-0.2, 0) is 13.5 Å². The maximum atomic E-state index is 11.5. The van der Waals surface area contributed by atoms with Crippen molar-refractivity contribution in [3.05, 3.63) is 29.6 Å². The van der Waals surface area contributed by atoms with E-state index in [0.29, 0.717) is 12.2 Å². The second kappa shape index (κ2) is 2.70. The largest absolute Gasteiger partial charge is 0.287 e. The Labute approximate surface area is 71.8 Å². The molecule has 0 aromatic carbocycles. The van der Waals surface area contributed by atoms with Gasteiger partial charge in [0.15, 0.2) is 6.20 Å². The molecule has 1 aromatic rings. The molecule has 2 nitrogen and oxygen atoms in total. The molecule has 0 spiro atoms. The summed E-state index contributed by atoms with van der Waals surface area (Å²) in [5.41, 5.74) is 2.11. The number of aryl methyl sites for hydroxylation is 2. The Morgan fingerprint density at radius 2 is 2.25 bits per heavy atom. The summed E-state index contributed by atoms with van der Waals surface area (Å²) in [7, 11) is 1.93. The zero-order valence-corrected chi connectivity index (χ0v) is 7.21. The summed E-state index contributed by atoms with van der Waals surface area (Å²) in [6.45, 7) is 0. The predicted octanol–water partition coefficient (Wildman–Crippen LogP) is 1.03. The van der Waals surface area contributed by atoms with Gasteiger partial charge in [-0.15, -0.1) is 0 Å². The fraction of sp³-hybridized carbons (Fsp3) is 0.400. The van der Waals surface area contributed by atoms with Crippen molar-refractivity contribution in [3.8, 4) is 0 Å². The third-order valence-corrected chi connectivity index (χ3v) is 2.38. The van der Waals surface area contributed by atoms with E-state index in [-0.39, 0.29) is 0 Å². The van der Waals surface area contributed by atoms with E-state index >= 15 is 0 Å². The number of nitrogens with zero attached hydrogens (tertiary/aromatic N) is 1. The van der Waals surface area contributed by atoms with Crippen LogP contribution in [0.2, 0.25) is 0 Å². The Kier molecular flexibility index (Phi) is 1.68. The minimum atomic E-state index is 0.291. The number of pyridine rings is 1. The number of aromatic nitrogens is 1. The van der Waals surface area contributed by atoms with Gasteiger partial charge in [0, 0.05) is 18.1 Å². The van der Waals surface area contributed by atoms with E-state index in [2.05, 4.69) is 0 Å². The van der Waals surface area contributed by atoms with Crippen molar-refractivity contribution in [2.45, 2.75) is 19.3 Å². The summed E-state index contributed by atoms with van der Waals surface area (Å²) in [6.07, 6.45) is 4.71. The smallest absolute Gasteiger partial charge is 0.251 e. The first-order valence-electron chi connectivity index (χ1n) is 4.30. The second-order valence-electron chi connectivity index (χ2n) is 3.27. The quantitative estimate of drug-likeness (QED) is 0.522. The van der Waals surface area contributed by atoms with E-state index < -0.39 is 0 Å². The third-order valence-electron chi connectivity index (χ3n) is 2.38. The molecule has 1 heterocycles. The van der Waals surface area contributed by atoms with Gasteiger partial charge >= 0.3 is 0 Å². The van der Waals surface area contributed by atoms with Crippen molar-refractivity contribution >= 4 is 5.78 Å². The van der Waals surface area contributed by atoms with Crippen LogP contribution in [0.5, 0.6) is 0 Å². The normalized spacial score (nSPS) is 15.9. The summed E-state index contributed by atoms with van der Waals surface area (Å²) < 4.78 is 1.93. The molecule has 0 aliphatic heterocycles. The van der Waals surface area contributed by atoms with E-state index in [4.69, 9.17) is 0 Å². The van der Waals surface area contributed by atoms with Crippen molar-refractivity contribution in [2.24, 2.45) is 7.05 Å². The van der Waals surface area contributed by atoms with E-state index in [0.717, 1.165) is 18.5 Å².